The van der Waals surface area contributed by atoms with E-state index < -0.39 is 0 Å². The molecule has 1 amide bonds. The Hall–Kier alpha value is -2.17. The molecule has 0 aliphatic heterocycles. The predicted octanol–water partition coefficient (Wildman–Crippen LogP) is 2.39. The normalized spacial score (nSPS) is 10.8. The summed E-state index contributed by atoms with van der Waals surface area (Å²) in [5.74, 6) is 0.0338. The van der Waals surface area contributed by atoms with Crippen LogP contribution < -0.4 is 5.73 Å². The minimum atomic E-state index is 0.0338. The molecular formula is C20H27N3O. The van der Waals surface area contributed by atoms with E-state index in [2.05, 4.69) is 35.2 Å². The van der Waals surface area contributed by atoms with E-state index in [4.69, 9.17) is 5.73 Å². The Morgan fingerprint density at radius 2 is 1.67 bits per heavy atom. The molecule has 0 heterocycles. The first-order valence-electron chi connectivity index (χ1n) is 8.37. The minimum absolute atomic E-state index is 0.0338. The van der Waals surface area contributed by atoms with Crippen LogP contribution in [-0.2, 0) is 13.0 Å². The van der Waals surface area contributed by atoms with Gasteiger partial charge in [0.25, 0.3) is 5.91 Å². The second-order valence-corrected chi connectivity index (χ2v) is 6.20. The maximum absolute atomic E-state index is 12.1. The van der Waals surface area contributed by atoms with Crippen LogP contribution in [-0.4, -0.2) is 49.4 Å². The fourth-order valence-corrected chi connectivity index (χ4v) is 2.70. The largest absolute Gasteiger partial charge is 0.345 e. The van der Waals surface area contributed by atoms with Crippen molar-refractivity contribution in [3.05, 3.63) is 71.3 Å². The Morgan fingerprint density at radius 3 is 2.33 bits per heavy atom. The maximum Gasteiger partial charge on any atom is 0.253 e. The van der Waals surface area contributed by atoms with Crippen molar-refractivity contribution in [3.8, 4) is 0 Å². The number of hydrogen-bond acceptors (Lipinski definition) is 3. The fraction of sp³-hybridized carbons (Fsp3) is 0.350. The zero-order valence-corrected chi connectivity index (χ0v) is 14.6. The third-order valence-corrected chi connectivity index (χ3v) is 3.99. The Morgan fingerprint density at radius 1 is 0.958 bits per heavy atom. The lowest BCUT2D eigenvalue weighted by atomic mass is 10.1. The van der Waals surface area contributed by atoms with E-state index in [1.165, 1.54) is 5.56 Å². The highest BCUT2D eigenvalue weighted by Gasteiger charge is 2.10. The quantitative estimate of drug-likeness (QED) is 0.811. The fourth-order valence-electron chi connectivity index (χ4n) is 2.70. The zero-order valence-electron chi connectivity index (χ0n) is 14.6. The van der Waals surface area contributed by atoms with Gasteiger partial charge in [-0.2, -0.15) is 0 Å². The van der Waals surface area contributed by atoms with Crippen molar-refractivity contribution >= 4 is 5.91 Å². The van der Waals surface area contributed by atoms with Crippen molar-refractivity contribution in [2.24, 2.45) is 5.73 Å². The average molecular weight is 325 g/mol. The highest BCUT2D eigenvalue weighted by molar-refractivity contribution is 5.94. The van der Waals surface area contributed by atoms with Crippen molar-refractivity contribution < 1.29 is 4.79 Å². The van der Waals surface area contributed by atoms with Crippen LogP contribution in [0.3, 0.4) is 0 Å². The molecule has 0 atom stereocenters. The number of rotatable bonds is 8. The topological polar surface area (TPSA) is 49.6 Å². The third-order valence-electron chi connectivity index (χ3n) is 3.99. The molecule has 24 heavy (non-hydrogen) atoms. The number of nitrogens with zero attached hydrogens (tertiary/aromatic N) is 2. The van der Waals surface area contributed by atoms with E-state index in [1.54, 1.807) is 19.0 Å². The van der Waals surface area contributed by atoms with E-state index in [0.717, 1.165) is 37.2 Å². The lowest BCUT2D eigenvalue weighted by Crippen LogP contribution is -2.31. The van der Waals surface area contributed by atoms with E-state index in [9.17, 15) is 4.79 Å². The van der Waals surface area contributed by atoms with Gasteiger partial charge in [-0.1, -0.05) is 42.5 Å². The molecule has 0 aliphatic carbocycles. The number of hydrogen-bond donors (Lipinski definition) is 1. The first-order valence-corrected chi connectivity index (χ1v) is 8.37. The first-order chi connectivity index (χ1) is 11.6. The van der Waals surface area contributed by atoms with Crippen molar-refractivity contribution in [2.75, 3.05) is 33.7 Å². The summed E-state index contributed by atoms with van der Waals surface area (Å²) in [5, 5.41) is 0. The number of benzene rings is 2. The Bertz CT molecular complexity index is 640. The van der Waals surface area contributed by atoms with Gasteiger partial charge in [0.15, 0.2) is 0 Å². The molecule has 4 heteroatoms. The van der Waals surface area contributed by atoms with Crippen LogP contribution in [0.2, 0.25) is 0 Å². The molecule has 0 spiro atoms. The summed E-state index contributed by atoms with van der Waals surface area (Å²) in [4.78, 5) is 16.1. The van der Waals surface area contributed by atoms with Crippen LogP contribution in [0.15, 0.2) is 54.6 Å². The summed E-state index contributed by atoms with van der Waals surface area (Å²) in [6, 6.07) is 18.3. The molecular weight excluding hydrogens is 298 g/mol. The van der Waals surface area contributed by atoms with Crippen molar-refractivity contribution in [1.82, 2.24) is 9.80 Å². The van der Waals surface area contributed by atoms with Gasteiger partial charge in [-0.15, -0.1) is 0 Å². The molecule has 0 aromatic heterocycles. The van der Waals surface area contributed by atoms with Crippen LogP contribution in [0.4, 0.5) is 0 Å². The molecule has 0 aliphatic rings. The number of carbonyl (C=O) groups excluding carboxylic acids is 1. The number of carbonyl (C=O) groups is 1. The highest BCUT2D eigenvalue weighted by Crippen LogP contribution is 2.11. The molecule has 0 bridgehead atoms. The zero-order chi connectivity index (χ0) is 17.4. The summed E-state index contributed by atoms with van der Waals surface area (Å²) < 4.78 is 0. The SMILES string of the molecule is CN(C)C(=O)c1cccc(CN(CCN)CCc2ccccc2)c1. The first kappa shape index (κ1) is 18.2. The molecule has 2 aromatic rings. The number of nitrogens with two attached hydrogens (primary N) is 1. The van der Waals surface area contributed by atoms with E-state index in [1.807, 2.05) is 24.3 Å². The lowest BCUT2D eigenvalue weighted by molar-refractivity contribution is 0.0827. The van der Waals surface area contributed by atoms with E-state index >= 15 is 0 Å². The standard InChI is InChI=1S/C20H27N3O/c1-22(2)20(24)19-10-6-9-18(15-19)16-23(14-12-21)13-11-17-7-4-3-5-8-17/h3-10,15H,11-14,16,21H2,1-2H3. The maximum atomic E-state index is 12.1. The van der Waals surface area contributed by atoms with Crippen molar-refractivity contribution in [1.29, 1.82) is 0 Å². The lowest BCUT2D eigenvalue weighted by Gasteiger charge is -2.22. The molecule has 0 saturated heterocycles. The van der Waals surface area contributed by atoms with Gasteiger partial charge >= 0.3 is 0 Å². The molecule has 0 radical (unpaired) electrons. The monoisotopic (exact) mass is 325 g/mol. The van der Waals surface area contributed by atoms with Crippen LogP contribution in [0.25, 0.3) is 0 Å². The molecule has 0 saturated carbocycles. The molecule has 2 aromatic carbocycles. The van der Waals surface area contributed by atoms with Crippen LogP contribution in [0.5, 0.6) is 0 Å². The molecule has 4 nitrogen and oxygen atoms in total. The predicted molar refractivity (Wildman–Crippen MR) is 98.9 cm³/mol. The summed E-state index contributed by atoms with van der Waals surface area (Å²) >= 11 is 0. The Kier molecular flexibility index (Phi) is 6.97. The van der Waals surface area contributed by atoms with Gasteiger partial charge in [-0.05, 0) is 29.7 Å². The molecule has 2 N–H and O–H groups in total. The minimum Gasteiger partial charge on any atom is -0.345 e. The van der Waals surface area contributed by atoms with Gasteiger partial charge in [-0.25, -0.2) is 0 Å². The summed E-state index contributed by atoms with van der Waals surface area (Å²) in [7, 11) is 3.55. The third kappa shape index (κ3) is 5.48. The molecule has 2 rings (SSSR count). The summed E-state index contributed by atoms with van der Waals surface area (Å²) in [6.07, 6.45) is 0.997. The molecule has 128 valence electrons. The van der Waals surface area contributed by atoms with Crippen molar-refractivity contribution in [2.45, 2.75) is 13.0 Å². The number of amides is 1. The molecule has 0 unspecified atom stereocenters. The van der Waals surface area contributed by atoms with Gasteiger partial charge in [0.05, 0.1) is 0 Å². The van der Waals surface area contributed by atoms with Crippen molar-refractivity contribution in [3.63, 3.8) is 0 Å². The van der Waals surface area contributed by atoms with Crippen LogP contribution >= 0.6 is 0 Å². The Balaban J connectivity index is 2.02. The van der Waals surface area contributed by atoms with Gasteiger partial charge < -0.3 is 10.6 Å². The summed E-state index contributed by atoms with van der Waals surface area (Å²) in [5.41, 5.74) is 8.97. The van der Waals surface area contributed by atoms with Gasteiger partial charge in [0.2, 0.25) is 0 Å². The van der Waals surface area contributed by atoms with Gasteiger partial charge in [0.1, 0.15) is 0 Å². The van der Waals surface area contributed by atoms with Crippen LogP contribution in [0, 0.1) is 0 Å². The van der Waals surface area contributed by atoms with Gasteiger partial charge in [-0.3, -0.25) is 9.69 Å². The Labute approximate surface area is 144 Å². The second-order valence-electron chi connectivity index (χ2n) is 6.20. The van der Waals surface area contributed by atoms with Gasteiger partial charge in [0, 0.05) is 45.8 Å². The van der Waals surface area contributed by atoms with Crippen LogP contribution in [0.1, 0.15) is 21.5 Å². The van der Waals surface area contributed by atoms with E-state index in [-0.39, 0.29) is 5.91 Å². The second kappa shape index (κ2) is 9.21. The average Bonchev–Trinajstić information content (AvgIpc) is 2.60. The molecule has 0 fully saturated rings. The van der Waals surface area contributed by atoms with E-state index in [0.29, 0.717) is 6.54 Å². The highest BCUT2D eigenvalue weighted by atomic mass is 16.2. The smallest absolute Gasteiger partial charge is 0.253 e. The summed E-state index contributed by atoms with van der Waals surface area (Å²) in [6.45, 7) is 3.23.